The molecule has 0 bridgehead atoms. The van der Waals surface area contributed by atoms with Crippen molar-refractivity contribution in [2.75, 3.05) is 20.6 Å². The number of benzene rings is 1. The summed E-state index contributed by atoms with van der Waals surface area (Å²) in [7, 11) is 5.92. The van der Waals surface area contributed by atoms with Gasteiger partial charge >= 0.3 is 6.03 Å². The lowest BCUT2D eigenvalue weighted by molar-refractivity contribution is 0.232. The second-order valence-corrected chi connectivity index (χ2v) is 6.33. The molecule has 0 saturated carbocycles. The van der Waals surface area contributed by atoms with Crippen LogP contribution in [0.2, 0.25) is 0 Å². The van der Waals surface area contributed by atoms with Crippen molar-refractivity contribution in [3.63, 3.8) is 0 Å². The third kappa shape index (κ3) is 4.58. The van der Waals surface area contributed by atoms with Crippen molar-refractivity contribution in [3.05, 3.63) is 52.8 Å². The number of aryl methyl sites for hydroxylation is 2. The monoisotopic (exact) mass is 329 g/mol. The molecule has 0 saturated heterocycles. The lowest BCUT2D eigenvalue weighted by atomic mass is 10.0. The topological polar surface area (TPSA) is 62.2 Å². The Morgan fingerprint density at radius 1 is 1.21 bits per heavy atom. The summed E-state index contributed by atoms with van der Waals surface area (Å²) < 4.78 is 1.80. The van der Waals surface area contributed by atoms with Gasteiger partial charge in [-0.3, -0.25) is 4.68 Å². The van der Waals surface area contributed by atoms with E-state index in [0.29, 0.717) is 13.1 Å². The van der Waals surface area contributed by atoms with E-state index < -0.39 is 0 Å². The molecule has 0 aliphatic carbocycles. The van der Waals surface area contributed by atoms with Crippen LogP contribution in [0.15, 0.2) is 30.5 Å². The molecule has 6 nitrogen and oxygen atoms in total. The molecule has 6 heteroatoms. The van der Waals surface area contributed by atoms with Crippen molar-refractivity contribution in [3.8, 4) is 0 Å². The van der Waals surface area contributed by atoms with Gasteiger partial charge in [0.15, 0.2) is 0 Å². The molecule has 0 radical (unpaired) electrons. The Labute approximate surface area is 143 Å². The minimum atomic E-state index is -0.169. The first-order valence-corrected chi connectivity index (χ1v) is 8.10. The second kappa shape index (κ2) is 7.97. The summed E-state index contributed by atoms with van der Waals surface area (Å²) in [5.74, 6) is 0. The maximum absolute atomic E-state index is 12.1. The van der Waals surface area contributed by atoms with E-state index in [1.807, 2.05) is 28.1 Å². The molecule has 130 valence electrons. The first-order valence-electron chi connectivity index (χ1n) is 8.10. The highest BCUT2D eigenvalue weighted by Gasteiger charge is 2.15. The van der Waals surface area contributed by atoms with Crippen LogP contribution in [-0.2, 0) is 13.6 Å². The summed E-state index contributed by atoms with van der Waals surface area (Å²) in [4.78, 5) is 14.2. The quantitative estimate of drug-likeness (QED) is 0.853. The highest BCUT2D eigenvalue weighted by molar-refractivity contribution is 5.73. The summed E-state index contributed by atoms with van der Waals surface area (Å²) in [5.41, 5.74) is 4.50. The van der Waals surface area contributed by atoms with Gasteiger partial charge in [0, 0.05) is 31.4 Å². The predicted molar refractivity (Wildman–Crippen MR) is 95.8 cm³/mol. The standard InChI is InChI=1S/C18H27N5O/c1-13-6-8-15(9-7-13)17(22(3)4)12-20-18(24)19-10-16-11-21-23(5)14(16)2/h6-9,11,17H,10,12H2,1-5H3,(H2,19,20,24)/t17-/m0/s1. The van der Waals surface area contributed by atoms with Crippen LogP contribution >= 0.6 is 0 Å². The number of carbonyl (C=O) groups is 1. The van der Waals surface area contributed by atoms with Crippen molar-refractivity contribution >= 4 is 6.03 Å². The molecule has 0 unspecified atom stereocenters. The number of likely N-dealkylation sites (N-methyl/N-ethyl adjacent to an activating group) is 1. The lowest BCUT2D eigenvalue weighted by Crippen LogP contribution is -2.40. The van der Waals surface area contributed by atoms with Crippen LogP contribution in [0, 0.1) is 13.8 Å². The highest BCUT2D eigenvalue weighted by atomic mass is 16.2. The number of carbonyl (C=O) groups excluding carboxylic acids is 1. The molecular weight excluding hydrogens is 302 g/mol. The maximum Gasteiger partial charge on any atom is 0.315 e. The Balaban J connectivity index is 1.88. The molecule has 2 rings (SSSR count). The van der Waals surface area contributed by atoms with Crippen LogP contribution in [0.4, 0.5) is 4.79 Å². The molecule has 0 fully saturated rings. The molecule has 24 heavy (non-hydrogen) atoms. The van der Waals surface area contributed by atoms with Gasteiger partial charge in [-0.1, -0.05) is 29.8 Å². The van der Waals surface area contributed by atoms with Gasteiger partial charge in [-0.15, -0.1) is 0 Å². The van der Waals surface area contributed by atoms with E-state index in [-0.39, 0.29) is 12.1 Å². The maximum atomic E-state index is 12.1. The number of nitrogens with zero attached hydrogens (tertiary/aromatic N) is 3. The molecule has 2 N–H and O–H groups in total. The second-order valence-electron chi connectivity index (χ2n) is 6.33. The Hall–Kier alpha value is -2.34. The normalized spacial score (nSPS) is 12.2. The Kier molecular flexibility index (Phi) is 5.98. The minimum absolute atomic E-state index is 0.136. The molecule has 0 aliphatic rings. The van der Waals surface area contributed by atoms with Crippen molar-refractivity contribution in [2.45, 2.75) is 26.4 Å². The van der Waals surface area contributed by atoms with Crippen LogP contribution in [0.3, 0.4) is 0 Å². The lowest BCUT2D eigenvalue weighted by Gasteiger charge is -2.25. The zero-order valence-electron chi connectivity index (χ0n) is 15.1. The fourth-order valence-electron chi connectivity index (χ4n) is 2.53. The van der Waals surface area contributed by atoms with Crippen molar-refractivity contribution in [2.24, 2.45) is 7.05 Å². The van der Waals surface area contributed by atoms with E-state index in [4.69, 9.17) is 0 Å². The largest absolute Gasteiger partial charge is 0.336 e. The third-order valence-electron chi connectivity index (χ3n) is 4.32. The van der Waals surface area contributed by atoms with Gasteiger partial charge in [0.25, 0.3) is 0 Å². The van der Waals surface area contributed by atoms with Crippen LogP contribution in [0.1, 0.15) is 28.4 Å². The van der Waals surface area contributed by atoms with E-state index in [1.165, 1.54) is 11.1 Å². The minimum Gasteiger partial charge on any atom is -0.336 e. The molecule has 1 atom stereocenters. The summed E-state index contributed by atoms with van der Waals surface area (Å²) in [6, 6.07) is 8.37. The highest BCUT2D eigenvalue weighted by Crippen LogP contribution is 2.17. The van der Waals surface area contributed by atoms with Crippen molar-refractivity contribution < 1.29 is 4.79 Å². The first kappa shape index (κ1) is 18.0. The molecule has 0 aliphatic heterocycles. The Morgan fingerprint density at radius 3 is 2.42 bits per heavy atom. The van der Waals surface area contributed by atoms with Crippen LogP contribution in [0.5, 0.6) is 0 Å². The number of amides is 2. The fourth-order valence-corrected chi connectivity index (χ4v) is 2.53. The fraction of sp³-hybridized carbons (Fsp3) is 0.444. The molecule has 2 aromatic rings. The molecule has 1 aromatic heterocycles. The zero-order valence-corrected chi connectivity index (χ0v) is 15.1. The van der Waals surface area contributed by atoms with E-state index in [9.17, 15) is 4.79 Å². The smallest absolute Gasteiger partial charge is 0.315 e. The number of nitrogens with one attached hydrogen (secondary N) is 2. The Bertz CT molecular complexity index is 675. The van der Waals surface area contributed by atoms with Gasteiger partial charge < -0.3 is 15.5 Å². The van der Waals surface area contributed by atoms with Gasteiger partial charge in [0.1, 0.15) is 0 Å². The predicted octanol–water partition coefficient (Wildman–Crippen LogP) is 2.14. The zero-order chi connectivity index (χ0) is 17.7. The van der Waals surface area contributed by atoms with Gasteiger partial charge in [-0.2, -0.15) is 5.10 Å². The van der Waals surface area contributed by atoms with Crippen molar-refractivity contribution in [1.29, 1.82) is 0 Å². The van der Waals surface area contributed by atoms with Crippen LogP contribution < -0.4 is 10.6 Å². The van der Waals surface area contributed by atoms with Crippen LogP contribution in [-0.4, -0.2) is 41.4 Å². The number of rotatable bonds is 6. The van der Waals surface area contributed by atoms with Gasteiger partial charge in [0.2, 0.25) is 0 Å². The number of hydrogen-bond acceptors (Lipinski definition) is 3. The van der Waals surface area contributed by atoms with Gasteiger partial charge in [0.05, 0.1) is 12.2 Å². The molecule has 0 spiro atoms. The van der Waals surface area contributed by atoms with Crippen molar-refractivity contribution in [1.82, 2.24) is 25.3 Å². The summed E-state index contributed by atoms with van der Waals surface area (Å²) >= 11 is 0. The SMILES string of the molecule is Cc1ccc([C@H](CNC(=O)NCc2cnn(C)c2C)N(C)C)cc1. The van der Waals surface area contributed by atoms with E-state index in [0.717, 1.165) is 11.3 Å². The molecule has 1 heterocycles. The van der Waals surface area contributed by atoms with Crippen LogP contribution in [0.25, 0.3) is 0 Å². The first-order chi connectivity index (χ1) is 11.4. The number of aromatic nitrogens is 2. The van der Waals surface area contributed by atoms with Gasteiger partial charge in [-0.25, -0.2) is 4.79 Å². The summed E-state index contributed by atoms with van der Waals surface area (Å²) in [5, 5.41) is 10.0. The molecule has 2 amide bonds. The number of urea groups is 1. The van der Waals surface area contributed by atoms with Gasteiger partial charge in [-0.05, 0) is 33.5 Å². The van der Waals surface area contributed by atoms with E-state index >= 15 is 0 Å². The van der Waals surface area contributed by atoms with E-state index in [1.54, 1.807) is 10.9 Å². The Morgan fingerprint density at radius 2 is 1.88 bits per heavy atom. The summed E-state index contributed by atoms with van der Waals surface area (Å²) in [6.45, 7) is 5.08. The van der Waals surface area contributed by atoms with E-state index in [2.05, 4.69) is 51.8 Å². The molecular formula is C18H27N5O. The molecule has 1 aromatic carbocycles. The average Bonchev–Trinajstić information content (AvgIpc) is 2.86. The third-order valence-corrected chi connectivity index (χ3v) is 4.32. The average molecular weight is 329 g/mol. The number of hydrogen-bond donors (Lipinski definition) is 2. The summed E-state index contributed by atoms with van der Waals surface area (Å²) in [6.07, 6.45) is 1.78.